The van der Waals surface area contributed by atoms with Crippen molar-refractivity contribution in [2.75, 3.05) is 49.1 Å². The lowest BCUT2D eigenvalue weighted by Gasteiger charge is -2.44. The number of likely N-dealkylation sites (N-methyl/N-ethyl adjacent to an activating group) is 1. The van der Waals surface area contributed by atoms with Crippen molar-refractivity contribution < 1.29 is 9.53 Å². The quantitative estimate of drug-likeness (QED) is 0.331. The lowest BCUT2D eigenvalue weighted by molar-refractivity contribution is -0.128. The van der Waals surface area contributed by atoms with Crippen LogP contribution in [0.3, 0.4) is 0 Å². The van der Waals surface area contributed by atoms with Crippen LogP contribution in [0, 0.1) is 18.3 Å². The number of piperazine rings is 1. The lowest BCUT2D eigenvalue weighted by Crippen LogP contribution is -2.55. The van der Waals surface area contributed by atoms with Crippen LogP contribution in [-0.2, 0) is 17.8 Å². The first-order valence-electron chi connectivity index (χ1n) is 16.5. The second-order valence-corrected chi connectivity index (χ2v) is 13.1. The predicted molar refractivity (Wildman–Crippen MR) is 176 cm³/mol. The van der Waals surface area contributed by atoms with Crippen molar-refractivity contribution in [3.05, 3.63) is 65.9 Å². The van der Waals surface area contributed by atoms with E-state index in [2.05, 4.69) is 77.6 Å². The maximum atomic E-state index is 12.7. The van der Waals surface area contributed by atoms with E-state index in [-0.39, 0.29) is 23.9 Å². The summed E-state index contributed by atoms with van der Waals surface area (Å²) < 4.78 is 6.43. The van der Waals surface area contributed by atoms with Crippen LogP contribution in [0.15, 0.2) is 49.1 Å². The highest BCUT2D eigenvalue weighted by molar-refractivity contribution is 5.97. The predicted octanol–water partition coefficient (Wildman–Crippen LogP) is 5.01. The molecule has 2 atom stereocenters. The summed E-state index contributed by atoms with van der Waals surface area (Å²) in [5.41, 5.74) is 4.78. The zero-order valence-corrected chi connectivity index (χ0v) is 26.5. The van der Waals surface area contributed by atoms with Gasteiger partial charge >= 0.3 is 6.01 Å². The number of rotatable bonds is 8. The molecule has 7 rings (SSSR count). The Morgan fingerprint density at radius 2 is 1.98 bits per heavy atom. The molecule has 0 bridgehead atoms. The minimum atomic E-state index is -0.227. The standard InChI is InChI=1S/C36H43N7O2/c1-4-32(44)42-20-19-41(22-27(42)14-17-37)34-29-21-36(15-16-36)43(31-13-7-11-26-10-6-9-25(3)33(26)31)23-30(29)38-35(39-34)45-24-28-12-8-18-40(28)5-2/h4,6-7,9-11,13,27-28H,1,5,8,12,14-16,18-24H2,2-3H3/t27-,28-/m0/s1. The van der Waals surface area contributed by atoms with Crippen LogP contribution in [0.5, 0.6) is 6.01 Å². The molecule has 234 valence electrons. The maximum Gasteiger partial charge on any atom is 0.318 e. The smallest absolute Gasteiger partial charge is 0.318 e. The van der Waals surface area contributed by atoms with Gasteiger partial charge in [-0.15, -0.1) is 0 Å². The van der Waals surface area contributed by atoms with Gasteiger partial charge in [0.15, 0.2) is 0 Å². The Morgan fingerprint density at radius 3 is 2.73 bits per heavy atom. The van der Waals surface area contributed by atoms with E-state index in [1.165, 1.54) is 40.1 Å². The Labute approximate surface area is 266 Å². The lowest BCUT2D eigenvalue weighted by atomic mass is 9.92. The highest BCUT2D eigenvalue weighted by atomic mass is 16.5. The fraction of sp³-hybridized carbons (Fsp3) is 0.500. The zero-order valence-electron chi connectivity index (χ0n) is 26.5. The average molecular weight is 606 g/mol. The topological polar surface area (TPSA) is 88.8 Å². The molecule has 9 heteroatoms. The van der Waals surface area contributed by atoms with Crippen LogP contribution in [0.4, 0.5) is 11.5 Å². The van der Waals surface area contributed by atoms with Gasteiger partial charge in [0, 0.05) is 54.3 Å². The molecule has 4 heterocycles. The first-order chi connectivity index (χ1) is 21.9. The van der Waals surface area contributed by atoms with Gasteiger partial charge in [0.2, 0.25) is 5.91 Å². The van der Waals surface area contributed by atoms with Crippen LogP contribution < -0.4 is 14.5 Å². The summed E-state index contributed by atoms with van der Waals surface area (Å²) in [4.78, 5) is 32.0. The molecule has 2 aromatic carbocycles. The Kier molecular flexibility index (Phi) is 7.86. The highest BCUT2D eigenvalue weighted by Gasteiger charge is 2.52. The van der Waals surface area contributed by atoms with Gasteiger partial charge < -0.3 is 19.4 Å². The van der Waals surface area contributed by atoms with Crippen molar-refractivity contribution in [2.45, 2.75) is 76.5 Å². The fourth-order valence-corrected chi connectivity index (χ4v) is 7.94. The molecular weight excluding hydrogens is 562 g/mol. The van der Waals surface area contributed by atoms with E-state index in [1.807, 2.05) is 0 Å². The monoisotopic (exact) mass is 605 g/mol. The summed E-state index contributed by atoms with van der Waals surface area (Å²) in [6.45, 7) is 13.2. The first-order valence-corrected chi connectivity index (χ1v) is 16.5. The summed E-state index contributed by atoms with van der Waals surface area (Å²) in [5.74, 6) is 0.779. The molecule has 4 aliphatic rings. The SMILES string of the molecule is C=CC(=O)N1CCN(c2nc(OC[C@@H]3CCCN3CC)nc3c2CC2(CC2)N(c2cccc4cccc(C)c24)C3)C[C@@H]1CC#N. The second-order valence-electron chi connectivity index (χ2n) is 13.1. The van der Waals surface area contributed by atoms with Gasteiger partial charge in [-0.05, 0) is 68.8 Å². The summed E-state index contributed by atoms with van der Waals surface area (Å²) in [6.07, 6.45) is 7.03. The molecular formula is C36H43N7O2. The number of amides is 1. The van der Waals surface area contributed by atoms with E-state index < -0.39 is 0 Å². The molecule has 9 nitrogen and oxygen atoms in total. The Bertz CT molecular complexity index is 1660. The summed E-state index contributed by atoms with van der Waals surface area (Å²) >= 11 is 0. The van der Waals surface area contributed by atoms with Gasteiger partial charge in [-0.25, -0.2) is 0 Å². The Morgan fingerprint density at radius 1 is 1.16 bits per heavy atom. The number of nitrogens with zero attached hydrogens (tertiary/aromatic N) is 7. The molecule has 0 radical (unpaired) electrons. The third kappa shape index (κ3) is 5.39. The first kappa shape index (κ1) is 29.5. The molecule has 3 fully saturated rings. The van der Waals surface area contributed by atoms with Crippen molar-refractivity contribution >= 4 is 28.2 Å². The molecule has 0 unspecified atom stereocenters. The summed E-state index contributed by atoms with van der Waals surface area (Å²) in [5, 5.41) is 12.2. The molecule has 1 aromatic heterocycles. The number of ether oxygens (including phenoxy) is 1. The van der Waals surface area contributed by atoms with Crippen molar-refractivity contribution in [3.8, 4) is 12.1 Å². The third-order valence-electron chi connectivity index (χ3n) is 10.5. The summed E-state index contributed by atoms with van der Waals surface area (Å²) in [6, 6.07) is 16.0. The molecule has 1 spiro atoms. The Hall–Kier alpha value is -4.16. The van der Waals surface area contributed by atoms with E-state index in [4.69, 9.17) is 14.7 Å². The van der Waals surface area contributed by atoms with Crippen LogP contribution in [0.1, 0.15) is 55.8 Å². The molecule has 0 N–H and O–H groups in total. The van der Waals surface area contributed by atoms with E-state index in [9.17, 15) is 10.1 Å². The van der Waals surface area contributed by atoms with Crippen LogP contribution in [0.25, 0.3) is 10.8 Å². The number of carbonyl (C=O) groups excluding carboxylic acids is 1. The van der Waals surface area contributed by atoms with Crippen molar-refractivity contribution in [1.29, 1.82) is 5.26 Å². The molecule has 2 saturated heterocycles. The largest absolute Gasteiger partial charge is 0.462 e. The van der Waals surface area contributed by atoms with Crippen LogP contribution in [-0.4, -0.2) is 82.6 Å². The number of nitriles is 1. The normalized spacial score (nSPS) is 22.4. The van der Waals surface area contributed by atoms with Crippen molar-refractivity contribution in [2.24, 2.45) is 0 Å². The Balaban J connectivity index is 1.27. The van der Waals surface area contributed by atoms with E-state index in [1.54, 1.807) is 4.90 Å². The average Bonchev–Trinajstić information content (AvgIpc) is 3.67. The number of aryl methyl sites for hydroxylation is 1. The molecule has 3 aliphatic heterocycles. The summed E-state index contributed by atoms with van der Waals surface area (Å²) in [7, 11) is 0. The van der Waals surface area contributed by atoms with E-state index >= 15 is 0 Å². The van der Waals surface area contributed by atoms with E-state index in [0.717, 1.165) is 50.3 Å². The molecule has 3 aromatic rings. The van der Waals surface area contributed by atoms with Crippen molar-refractivity contribution in [1.82, 2.24) is 19.8 Å². The van der Waals surface area contributed by atoms with Gasteiger partial charge in [-0.1, -0.05) is 43.8 Å². The highest BCUT2D eigenvalue weighted by Crippen LogP contribution is 2.53. The van der Waals surface area contributed by atoms with E-state index in [0.29, 0.717) is 44.8 Å². The molecule has 45 heavy (non-hydrogen) atoms. The van der Waals surface area contributed by atoms with Gasteiger partial charge in [-0.3, -0.25) is 9.69 Å². The van der Waals surface area contributed by atoms with Gasteiger partial charge in [-0.2, -0.15) is 15.2 Å². The molecule has 1 saturated carbocycles. The van der Waals surface area contributed by atoms with Crippen LogP contribution >= 0.6 is 0 Å². The van der Waals surface area contributed by atoms with Gasteiger partial charge in [0.05, 0.1) is 30.8 Å². The number of hydrogen-bond acceptors (Lipinski definition) is 8. The third-order valence-corrected chi connectivity index (χ3v) is 10.5. The number of benzene rings is 2. The zero-order chi connectivity index (χ0) is 31.1. The number of likely N-dealkylation sites (tertiary alicyclic amines) is 1. The van der Waals surface area contributed by atoms with Crippen molar-refractivity contribution in [3.63, 3.8) is 0 Å². The number of aromatic nitrogens is 2. The minimum absolute atomic E-state index is 0.0300. The number of anilines is 2. The number of fused-ring (bicyclic) bond motifs is 2. The molecule has 1 amide bonds. The van der Waals surface area contributed by atoms with Crippen LogP contribution in [0.2, 0.25) is 0 Å². The van der Waals surface area contributed by atoms with Gasteiger partial charge in [0.1, 0.15) is 12.4 Å². The number of hydrogen-bond donors (Lipinski definition) is 0. The minimum Gasteiger partial charge on any atom is -0.462 e. The number of carbonyl (C=O) groups is 1. The maximum absolute atomic E-state index is 12.7. The second kappa shape index (κ2) is 12.0. The van der Waals surface area contributed by atoms with Gasteiger partial charge in [0.25, 0.3) is 0 Å². The molecule has 1 aliphatic carbocycles. The fourth-order valence-electron chi connectivity index (χ4n) is 7.94.